The summed E-state index contributed by atoms with van der Waals surface area (Å²) in [5, 5.41) is 14.1. The fourth-order valence-electron chi connectivity index (χ4n) is 4.22. The average Bonchev–Trinajstić information content (AvgIpc) is 3.14. The van der Waals surface area contributed by atoms with Crippen molar-refractivity contribution in [2.75, 3.05) is 43.9 Å². The number of hydrogen-bond donors (Lipinski definition) is 3. The van der Waals surface area contributed by atoms with Crippen LogP contribution in [0.5, 0.6) is 0 Å². The molecule has 34 heavy (non-hydrogen) atoms. The van der Waals surface area contributed by atoms with Crippen LogP contribution in [0.15, 0.2) is 12.4 Å². The molecule has 0 atom stereocenters. The van der Waals surface area contributed by atoms with Gasteiger partial charge in [0, 0.05) is 38.0 Å². The van der Waals surface area contributed by atoms with Crippen LogP contribution in [0, 0.1) is 12.8 Å². The van der Waals surface area contributed by atoms with E-state index in [0.29, 0.717) is 42.3 Å². The van der Waals surface area contributed by atoms with E-state index < -0.39 is 11.8 Å². The van der Waals surface area contributed by atoms with Crippen LogP contribution in [0.4, 0.5) is 26.2 Å². The summed E-state index contributed by atoms with van der Waals surface area (Å²) >= 11 is 6.23. The number of amides is 1. The summed E-state index contributed by atoms with van der Waals surface area (Å²) in [4.78, 5) is 22.9. The molecule has 0 radical (unpaired) electrons. The van der Waals surface area contributed by atoms with Crippen LogP contribution in [0.3, 0.4) is 0 Å². The van der Waals surface area contributed by atoms with E-state index >= 15 is 0 Å². The van der Waals surface area contributed by atoms with Gasteiger partial charge in [0.1, 0.15) is 10.8 Å². The van der Waals surface area contributed by atoms with Gasteiger partial charge in [-0.3, -0.25) is 9.48 Å². The van der Waals surface area contributed by atoms with Crippen LogP contribution in [0.25, 0.3) is 0 Å². The van der Waals surface area contributed by atoms with Crippen molar-refractivity contribution in [2.45, 2.75) is 51.0 Å². The van der Waals surface area contributed by atoms with Gasteiger partial charge in [0.15, 0.2) is 0 Å². The molecule has 0 spiro atoms. The second-order valence-corrected chi connectivity index (χ2v) is 9.60. The number of rotatable bonds is 9. The molecule has 3 heterocycles. The Kier molecular flexibility index (Phi) is 7.51. The van der Waals surface area contributed by atoms with Crippen LogP contribution < -0.4 is 16.0 Å². The monoisotopic (exact) mass is 496 g/mol. The molecule has 2 fully saturated rings. The summed E-state index contributed by atoms with van der Waals surface area (Å²) < 4.78 is 27.8. The van der Waals surface area contributed by atoms with E-state index in [4.69, 9.17) is 11.6 Å². The Bertz CT molecular complexity index is 1000. The Morgan fingerprint density at radius 1 is 1.26 bits per heavy atom. The van der Waals surface area contributed by atoms with E-state index in [1.165, 1.54) is 6.20 Å². The number of piperidine rings is 1. The normalized spacial score (nSPS) is 19.0. The number of anilines is 3. The first-order valence-corrected chi connectivity index (χ1v) is 12.0. The topological polar surface area (TPSA) is 100 Å². The van der Waals surface area contributed by atoms with Crippen molar-refractivity contribution < 1.29 is 13.6 Å². The lowest BCUT2D eigenvalue weighted by Gasteiger charge is -2.33. The lowest BCUT2D eigenvalue weighted by molar-refractivity contribution is -0.150. The van der Waals surface area contributed by atoms with Crippen molar-refractivity contribution in [3.8, 4) is 0 Å². The van der Waals surface area contributed by atoms with Gasteiger partial charge in [-0.2, -0.15) is 10.1 Å². The van der Waals surface area contributed by atoms with Gasteiger partial charge in [-0.1, -0.05) is 11.6 Å². The first-order chi connectivity index (χ1) is 16.2. The zero-order valence-corrected chi connectivity index (χ0v) is 20.2. The Morgan fingerprint density at radius 3 is 2.71 bits per heavy atom. The molecule has 2 aliphatic rings. The minimum Gasteiger partial charge on any atom is -0.369 e. The molecule has 2 aromatic heterocycles. The molecule has 0 bridgehead atoms. The fourth-order valence-corrected chi connectivity index (χ4v) is 4.38. The lowest BCUT2D eigenvalue weighted by Crippen LogP contribution is -2.45. The van der Waals surface area contributed by atoms with E-state index in [0.717, 1.165) is 37.3 Å². The Balaban J connectivity index is 1.26. The molecule has 4 rings (SSSR count). The molecule has 3 N–H and O–H groups in total. The van der Waals surface area contributed by atoms with Crippen LogP contribution in [-0.2, 0) is 4.79 Å². The Morgan fingerprint density at radius 2 is 2.00 bits per heavy atom. The molecule has 12 heteroatoms. The third-order valence-electron chi connectivity index (χ3n) is 6.38. The quantitative estimate of drug-likeness (QED) is 0.456. The van der Waals surface area contributed by atoms with Gasteiger partial charge in [0.05, 0.1) is 23.6 Å². The molecule has 9 nitrogen and oxygen atoms in total. The number of carbonyl (C=O) groups excluding carboxylic acids is 1. The molecule has 1 aliphatic heterocycles. The smallest absolute Gasteiger partial charge is 0.249 e. The molecule has 1 aliphatic carbocycles. The zero-order valence-electron chi connectivity index (χ0n) is 19.5. The number of carbonyl (C=O) groups is 1. The highest BCUT2D eigenvalue weighted by Gasteiger charge is 2.48. The third kappa shape index (κ3) is 6.12. The van der Waals surface area contributed by atoms with E-state index in [1.54, 1.807) is 0 Å². The molecular weight excluding hydrogens is 466 g/mol. The molecule has 0 aromatic carbocycles. The lowest BCUT2D eigenvalue weighted by atomic mass is 9.81. The number of halogens is 3. The van der Waals surface area contributed by atoms with Crippen LogP contribution in [0.2, 0.25) is 5.02 Å². The highest BCUT2D eigenvalue weighted by atomic mass is 35.5. The van der Waals surface area contributed by atoms with Crippen LogP contribution >= 0.6 is 11.6 Å². The Labute approximate surface area is 202 Å². The summed E-state index contributed by atoms with van der Waals surface area (Å²) in [5.41, 5.74) is 1.71. The van der Waals surface area contributed by atoms with Crippen molar-refractivity contribution in [3.05, 3.63) is 23.1 Å². The summed E-state index contributed by atoms with van der Waals surface area (Å²) in [7, 11) is 2.13. The number of nitrogens with zero attached hydrogens (tertiary/aromatic N) is 5. The van der Waals surface area contributed by atoms with Gasteiger partial charge >= 0.3 is 0 Å². The van der Waals surface area contributed by atoms with Gasteiger partial charge in [-0.25, -0.2) is 13.8 Å². The van der Waals surface area contributed by atoms with E-state index in [2.05, 4.69) is 43.0 Å². The van der Waals surface area contributed by atoms with E-state index in [1.807, 2.05) is 17.8 Å². The van der Waals surface area contributed by atoms with Crippen LogP contribution in [0.1, 0.15) is 43.8 Å². The predicted octanol–water partition coefficient (Wildman–Crippen LogP) is 3.61. The van der Waals surface area contributed by atoms with Gasteiger partial charge in [0.2, 0.25) is 17.8 Å². The molecule has 2 aromatic rings. The van der Waals surface area contributed by atoms with Gasteiger partial charge in [-0.05, 0) is 46.3 Å². The summed E-state index contributed by atoms with van der Waals surface area (Å²) in [5.74, 6) is -2.71. The molecular formula is C22H31ClF2N8O. The number of hydrogen-bond acceptors (Lipinski definition) is 7. The van der Waals surface area contributed by atoms with Crippen molar-refractivity contribution in [2.24, 2.45) is 5.92 Å². The Hall–Kier alpha value is -2.53. The number of alkyl halides is 2. The largest absolute Gasteiger partial charge is 0.369 e. The minimum atomic E-state index is -2.69. The second-order valence-electron chi connectivity index (χ2n) is 9.19. The minimum absolute atomic E-state index is 0.311. The van der Waals surface area contributed by atoms with E-state index in [9.17, 15) is 13.6 Å². The number of aromatic nitrogens is 4. The molecule has 186 valence electrons. The first-order valence-electron chi connectivity index (χ1n) is 11.6. The molecule has 1 saturated heterocycles. The van der Waals surface area contributed by atoms with Gasteiger partial charge < -0.3 is 20.9 Å². The molecule has 1 saturated carbocycles. The zero-order chi connectivity index (χ0) is 24.3. The third-order valence-corrected chi connectivity index (χ3v) is 6.65. The maximum atomic E-state index is 12.9. The fraction of sp³-hybridized carbons (Fsp3) is 0.636. The average molecular weight is 497 g/mol. The van der Waals surface area contributed by atoms with Gasteiger partial charge in [-0.15, -0.1) is 0 Å². The number of nitrogens with one attached hydrogen (secondary N) is 3. The van der Waals surface area contributed by atoms with Crippen molar-refractivity contribution in [1.29, 1.82) is 0 Å². The maximum Gasteiger partial charge on any atom is 0.249 e. The standard InChI is InChI=1S/C22H31ClF2N8O/c1-14-18(13-33(31-14)16-4-8-32(2)9-5-16)29-21-28-12-17(23)19(30-21)26-6-3-7-27-20(34)15-10-22(24,25)11-15/h12-13,15-16H,3-11H2,1-2H3,(H,27,34)(H2,26,28,29,30). The number of likely N-dealkylation sites (tertiary alicyclic amines) is 1. The summed E-state index contributed by atoms with van der Waals surface area (Å²) in [6.07, 6.45) is 5.53. The highest BCUT2D eigenvalue weighted by molar-refractivity contribution is 6.32. The predicted molar refractivity (Wildman–Crippen MR) is 127 cm³/mol. The molecule has 1 amide bonds. The molecule has 0 unspecified atom stereocenters. The second kappa shape index (κ2) is 10.4. The van der Waals surface area contributed by atoms with Gasteiger partial charge in [0.25, 0.3) is 0 Å². The van der Waals surface area contributed by atoms with Crippen molar-refractivity contribution in [3.63, 3.8) is 0 Å². The van der Waals surface area contributed by atoms with Crippen LogP contribution in [-0.4, -0.2) is 69.7 Å². The SMILES string of the molecule is Cc1nn(C2CCN(C)CC2)cc1Nc1ncc(Cl)c(NCCCNC(=O)C2CC(F)(F)C2)n1. The summed E-state index contributed by atoms with van der Waals surface area (Å²) in [6, 6.07) is 0.384. The number of aryl methyl sites for hydroxylation is 1. The van der Waals surface area contributed by atoms with Crippen molar-refractivity contribution >= 4 is 35.0 Å². The summed E-state index contributed by atoms with van der Waals surface area (Å²) in [6.45, 7) is 4.95. The van der Waals surface area contributed by atoms with Crippen molar-refractivity contribution in [1.82, 2.24) is 30.0 Å². The van der Waals surface area contributed by atoms with E-state index in [-0.39, 0.29) is 18.7 Å². The highest BCUT2D eigenvalue weighted by Crippen LogP contribution is 2.42. The first kappa shape index (κ1) is 24.6. The maximum absolute atomic E-state index is 12.9.